The maximum absolute atomic E-state index is 11.9. The molecule has 0 atom stereocenters. The molecule has 0 bridgehead atoms. The molecule has 0 radical (unpaired) electrons. The first-order valence-corrected chi connectivity index (χ1v) is 7.40. The van der Waals surface area contributed by atoms with Gasteiger partial charge in [0.25, 0.3) is 0 Å². The Balaban J connectivity index is 2.81. The van der Waals surface area contributed by atoms with Gasteiger partial charge >= 0.3 is 0 Å². The molecule has 110 valence electrons. The maximum Gasteiger partial charge on any atom is 0.180 e. The summed E-state index contributed by atoms with van der Waals surface area (Å²) in [6.07, 6.45) is 9.08. The van der Waals surface area contributed by atoms with Crippen LogP contribution in [0.4, 0.5) is 0 Å². The summed E-state index contributed by atoms with van der Waals surface area (Å²) in [7, 11) is 0. The Bertz CT molecular complexity index is 467. The van der Waals surface area contributed by atoms with Crippen molar-refractivity contribution in [1.82, 2.24) is 0 Å². The van der Waals surface area contributed by atoms with Crippen molar-refractivity contribution < 1.29 is 9.53 Å². The first-order valence-electron chi connectivity index (χ1n) is 7.40. The van der Waals surface area contributed by atoms with Gasteiger partial charge in [-0.05, 0) is 45.3 Å². The van der Waals surface area contributed by atoms with E-state index in [1.807, 2.05) is 39.8 Å². The van der Waals surface area contributed by atoms with E-state index in [1.165, 1.54) is 5.57 Å². The summed E-state index contributed by atoms with van der Waals surface area (Å²) in [6, 6.07) is 0. The van der Waals surface area contributed by atoms with Crippen LogP contribution in [0.5, 0.6) is 0 Å². The van der Waals surface area contributed by atoms with Crippen LogP contribution in [0.2, 0.25) is 0 Å². The van der Waals surface area contributed by atoms with Gasteiger partial charge in [0, 0.05) is 18.6 Å². The Morgan fingerprint density at radius 2 is 2.10 bits per heavy atom. The molecule has 0 amide bonds. The number of hydrogen-bond acceptors (Lipinski definition) is 3. The third kappa shape index (κ3) is 4.80. The van der Waals surface area contributed by atoms with Crippen LogP contribution in [0.1, 0.15) is 53.4 Å². The van der Waals surface area contributed by atoms with E-state index < -0.39 is 0 Å². The molecule has 0 saturated heterocycles. The molecule has 0 heterocycles. The molecule has 1 aliphatic carbocycles. The van der Waals surface area contributed by atoms with Gasteiger partial charge in [-0.15, -0.1) is 0 Å². The molecule has 0 N–H and O–H groups in total. The molecule has 0 aromatic rings. The van der Waals surface area contributed by atoms with Crippen LogP contribution in [0.25, 0.3) is 0 Å². The Morgan fingerprint density at radius 3 is 2.60 bits per heavy atom. The Hall–Kier alpha value is -1.64. The number of ether oxygens (including phenoxy) is 1. The minimum atomic E-state index is 0.122. The fourth-order valence-electron chi connectivity index (χ4n) is 2.12. The number of carbonyl (C=O) groups excluding carboxylic acids is 1. The SMILES string of the molecule is C/C=C(\N=C(/C)C1=CC=C(OCC)CC1)C(=O)CCC. The van der Waals surface area contributed by atoms with Crippen LogP contribution in [0.15, 0.2) is 40.2 Å². The predicted molar refractivity (Wildman–Crippen MR) is 83.8 cm³/mol. The van der Waals surface area contributed by atoms with Crippen molar-refractivity contribution in [1.29, 1.82) is 0 Å². The number of hydrogen-bond donors (Lipinski definition) is 0. The van der Waals surface area contributed by atoms with Gasteiger partial charge in [-0.3, -0.25) is 9.79 Å². The lowest BCUT2D eigenvalue weighted by Gasteiger charge is -2.15. The second kappa shape index (κ2) is 8.51. The first-order chi connectivity index (χ1) is 9.62. The van der Waals surface area contributed by atoms with Crippen molar-refractivity contribution in [3.8, 4) is 0 Å². The van der Waals surface area contributed by atoms with E-state index in [-0.39, 0.29) is 5.78 Å². The third-order valence-corrected chi connectivity index (χ3v) is 3.23. The molecule has 0 aliphatic heterocycles. The van der Waals surface area contributed by atoms with Crippen LogP contribution in [-0.4, -0.2) is 18.1 Å². The van der Waals surface area contributed by atoms with E-state index in [0.29, 0.717) is 18.7 Å². The molecular formula is C17H25NO2. The summed E-state index contributed by atoms with van der Waals surface area (Å²) in [5.74, 6) is 1.15. The van der Waals surface area contributed by atoms with Gasteiger partial charge in [0.15, 0.2) is 5.78 Å². The first kappa shape index (κ1) is 16.4. The Labute approximate surface area is 122 Å². The fourth-order valence-corrected chi connectivity index (χ4v) is 2.12. The Morgan fingerprint density at radius 1 is 1.35 bits per heavy atom. The lowest BCUT2D eigenvalue weighted by atomic mass is 10.00. The molecule has 0 saturated carbocycles. The highest BCUT2D eigenvalue weighted by Crippen LogP contribution is 2.21. The summed E-state index contributed by atoms with van der Waals surface area (Å²) in [6.45, 7) is 8.53. The van der Waals surface area contributed by atoms with Gasteiger partial charge in [-0.25, -0.2) is 0 Å². The fraction of sp³-hybridized carbons (Fsp3) is 0.529. The topological polar surface area (TPSA) is 38.7 Å². The smallest absolute Gasteiger partial charge is 0.180 e. The van der Waals surface area contributed by atoms with Gasteiger partial charge in [0.2, 0.25) is 0 Å². The van der Waals surface area contributed by atoms with E-state index in [2.05, 4.69) is 4.99 Å². The molecule has 0 spiro atoms. The van der Waals surface area contributed by atoms with Crippen LogP contribution in [0.3, 0.4) is 0 Å². The van der Waals surface area contributed by atoms with Crippen LogP contribution < -0.4 is 0 Å². The van der Waals surface area contributed by atoms with E-state index in [1.54, 1.807) is 6.08 Å². The number of allylic oxidation sites excluding steroid dienone is 6. The highest BCUT2D eigenvalue weighted by molar-refractivity contribution is 6.04. The molecule has 0 fully saturated rings. The van der Waals surface area contributed by atoms with Crippen LogP contribution in [-0.2, 0) is 9.53 Å². The highest BCUT2D eigenvalue weighted by Gasteiger charge is 2.12. The number of nitrogens with zero attached hydrogens (tertiary/aromatic N) is 1. The van der Waals surface area contributed by atoms with Gasteiger partial charge < -0.3 is 4.74 Å². The largest absolute Gasteiger partial charge is 0.498 e. The number of Topliss-reactive ketones (excluding diaryl/α,β-unsaturated/α-hetero) is 1. The summed E-state index contributed by atoms with van der Waals surface area (Å²) < 4.78 is 5.49. The molecule has 0 unspecified atom stereocenters. The van der Waals surface area contributed by atoms with Crippen molar-refractivity contribution in [3.63, 3.8) is 0 Å². The van der Waals surface area contributed by atoms with Gasteiger partial charge in [0.1, 0.15) is 5.70 Å². The quantitative estimate of drug-likeness (QED) is 0.511. The maximum atomic E-state index is 11.9. The Kier molecular flexibility index (Phi) is 6.99. The standard InChI is InChI=1S/C17H25NO2/c1-5-8-17(19)16(6-2)18-13(4)14-9-11-15(12-10-14)20-7-3/h6,9,11H,5,7-8,10,12H2,1-4H3/b16-6-,18-13+. The zero-order chi connectivity index (χ0) is 15.0. The third-order valence-electron chi connectivity index (χ3n) is 3.23. The van der Waals surface area contributed by atoms with E-state index in [4.69, 9.17) is 4.74 Å². The van der Waals surface area contributed by atoms with E-state index in [9.17, 15) is 4.79 Å². The lowest BCUT2D eigenvalue weighted by molar-refractivity contribution is -0.115. The molecule has 1 aliphatic rings. The summed E-state index contributed by atoms with van der Waals surface area (Å²) in [4.78, 5) is 16.4. The van der Waals surface area contributed by atoms with Crippen molar-refractivity contribution in [2.45, 2.75) is 53.4 Å². The average molecular weight is 275 g/mol. The zero-order valence-electron chi connectivity index (χ0n) is 13.0. The zero-order valence-corrected chi connectivity index (χ0v) is 13.0. The second-order valence-corrected chi connectivity index (χ2v) is 4.80. The monoisotopic (exact) mass is 275 g/mol. The van der Waals surface area contributed by atoms with Crippen molar-refractivity contribution >= 4 is 11.5 Å². The van der Waals surface area contributed by atoms with Crippen molar-refractivity contribution in [3.05, 3.63) is 35.3 Å². The molecule has 20 heavy (non-hydrogen) atoms. The molecule has 3 heteroatoms. The number of carbonyl (C=O) groups is 1. The molecule has 0 aromatic heterocycles. The summed E-state index contributed by atoms with van der Waals surface area (Å²) in [5, 5.41) is 0. The minimum absolute atomic E-state index is 0.122. The van der Waals surface area contributed by atoms with Crippen molar-refractivity contribution in [2.75, 3.05) is 6.61 Å². The summed E-state index contributed by atoms with van der Waals surface area (Å²) >= 11 is 0. The highest BCUT2D eigenvalue weighted by atomic mass is 16.5. The van der Waals surface area contributed by atoms with E-state index >= 15 is 0 Å². The number of aliphatic imine (C=N–C) groups is 1. The molecule has 0 aromatic carbocycles. The van der Waals surface area contributed by atoms with Gasteiger partial charge in [-0.2, -0.15) is 0 Å². The molecule has 1 rings (SSSR count). The summed E-state index contributed by atoms with van der Waals surface area (Å²) in [5.41, 5.74) is 2.68. The normalized spacial score (nSPS) is 16.6. The van der Waals surface area contributed by atoms with E-state index in [0.717, 1.165) is 30.7 Å². The van der Waals surface area contributed by atoms with Crippen LogP contribution >= 0.6 is 0 Å². The average Bonchev–Trinajstić information content (AvgIpc) is 2.45. The van der Waals surface area contributed by atoms with Gasteiger partial charge in [-0.1, -0.05) is 19.1 Å². The van der Waals surface area contributed by atoms with Crippen molar-refractivity contribution in [2.24, 2.45) is 4.99 Å². The second-order valence-electron chi connectivity index (χ2n) is 4.80. The predicted octanol–water partition coefficient (Wildman–Crippen LogP) is 4.36. The molecule has 3 nitrogen and oxygen atoms in total. The number of rotatable bonds is 7. The number of ketones is 1. The molecular weight excluding hydrogens is 250 g/mol. The van der Waals surface area contributed by atoms with Crippen LogP contribution in [0, 0.1) is 0 Å². The minimum Gasteiger partial charge on any atom is -0.498 e. The van der Waals surface area contributed by atoms with Gasteiger partial charge in [0.05, 0.1) is 12.4 Å². The lowest BCUT2D eigenvalue weighted by Crippen LogP contribution is -2.07.